The molecule has 1 unspecified atom stereocenters. The van der Waals surface area contributed by atoms with Gasteiger partial charge >= 0.3 is 0 Å². The lowest BCUT2D eigenvalue weighted by Crippen LogP contribution is -2.41. The predicted octanol–water partition coefficient (Wildman–Crippen LogP) is 1.27. The lowest BCUT2D eigenvalue weighted by molar-refractivity contribution is -0.140. The number of amides is 1. The van der Waals surface area contributed by atoms with E-state index in [-0.39, 0.29) is 12.5 Å². The minimum Gasteiger partial charge on any atom is -0.370 e. The number of ether oxygens (including phenoxy) is 1. The van der Waals surface area contributed by atoms with Gasteiger partial charge in [0.2, 0.25) is 0 Å². The second kappa shape index (κ2) is 6.59. The Kier molecular flexibility index (Phi) is 5.41. The van der Waals surface area contributed by atoms with E-state index >= 15 is 0 Å². The topological polar surface area (TPSA) is 55.6 Å². The molecule has 0 heterocycles. The van der Waals surface area contributed by atoms with Crippen molar-refractivity contribution in [3.05, 3.63) is 34.9 Å². The Bertz CT molecular complexity index is 363. The smallest absolute Gasteiger partial charge is 0.253 e. The van der Waals surface area contributed by atoms with Crippen LogP contribution in [0.25, 0.3) is 0 Å². The molecule has 0 radical (unpaired) electrons. The monoisotopic (exact) mass is 256 g/mol. The number of nitrogens with zero attached hydrogens (tertiary/aromatic N) is 1. The van der Waals surface area contributed by atoms with Gasteiger partial charge < -0.3 is 15.4 Å². The average molecular weight is 257 g/mol. The lowest BCUT2D eigenvalue weighted by Gasteiger charge is -2.22. The zero-order valence-electron chi connectivity index (χ0n) is 10.0. The van der Waals surface area contributed by atoms with Gasteiger partial charge in [0.1, 0.15) is 6.10 Å². The van der Waals surface area contributed by atoms with Crippen LogP contribution in [0.1, 0.15) is 5.56 Å². The van der Waals surface area contributed by atoms with Crippen molar-refractivity contribution in [2.24, 2.45) is 5.73 Å². The van der Waals surface area contributed by atoms with Crippen LogP contribution < -0.4 is 5.73 Å². The number of likely N-dealkylation sites (N-methyl/N-ethyl adjacent to an activating group) is 1. The molecule has 4 nitrogen and oxygen atoms in total. The quantitative estimate of drug-likeness (QED) is 0.863. The van der Waals surface area contributed by atoms with Gasteiger partial charge in [-0.1, -0.05) is 23.7 Å². The van der Waals surface area contributed by atoms with E-state index in [1.165, 1.54) is 7.11 Å². The Morgan fingerprint density at radius 2 is 2.06 bits per heavy atom. The van der Waals surface area contributed by atoms with E-state index in [1.807, 2.05) is 12.1 Å². The Labute approximate surface area is 106 Å². The molecule has 0 aliphatic rings. The van der Waals surface area contributed by atoms with Gasteiger partial charge in [0, 0.05) is 32.3 Å². The standard InChI is InChI=1S/C12H17ClN2O2/c1-15(12(16)11(7-14)17-2)8-9-3-5-10(13)6-4-9/h3-6,11H,7-8,14H2,1-2H3. The summed E-state index contributed by atoms with van der Waals surface area (Å²) in [6, 6.07) is 7.37. The van der Waals surface area contributed by atoms with Crippen LogP contribution in [-0.2, 0) is 16.1 Å². The van der Waals surface area contributed by atoms with Crippen molar-refractivity contribution in [2.45, 2.75) is 12.6 Å². The Hall–Kier alpha value is -1.10. The number of methoxy groups -OCH3 is 1. The molecule has 5 heteroatoms. The number of benzene rings is 1. The molecule has 2 N–H and O–H groups in total. The molecule has 1 aromatic rings. The fourth-order valence-electron chi connectivity index (χ4n) is 1.49. The zero-order valence-corrected chi connectivity index (χ0v) is 10.8. The first-order chi connectivity index (χ1) is 8.08. The molecular formula is C12H17ClN2O2. The minimum absolute atomic E-state index is 0.120. The van der Waals surface area contributed by atoms with Crippen LogP contribution in [0.5, 0.6) is 0 Å². The van der Waals surface area contributed by atoms with Gasteiger partial charge in [-0.2, -0.15) is 0 Å². The minimum atomic E-state index is -0.577. The summed E-state index contributed by atoms with van der Waals surface area (Å²) in [6.45, 7) is 0.691. The lowest BCUT2D eigenvalue weighted by atomic mass is 10.2. The second-order valence-corrected chi connectivity index (χ2v) is 4.22. The molecule has 0 spiro atoms. The number of hydrogen-bond acceptors (Lipinski definition) is 3. The van der Waals surface area contributed by atoms with Gasteiger partial charge in [-0.25, -0.2) is 0 Å². The summed E-state index contributed by atoms with van der Waals surface area (Å²) >= 11 is 5.79. The van der Waals surface area contributed by atoms with E-state index in [4.69, 9.17) is 22.1 Å². The summed E-state index contributed by atoms with van der Waals surface area (Å²) in [6.07, 6.45) is -0.577. The van der Waals surface area contributed by atoms with Crippen LogP contribution >= 0.6 is 11.6 Å². The maximum atomic E-state index is 11.9. The number of carbonyl (C=O) groups is 1. The fraction of sp³-hybridized carbons (Fsp3) is 0.417. The molecule has 0 bridgehead atoms. The summed E-state index contributed by atoms with van der Waals surface area (Å²) in [7, 11) is 3.20. The van der Waals surface area contributed by atoms with Gasteiger partial charge in [0.15, 0.2) is 0 Å². The summed E-state index contributed by atoms with van der Waals surface area (Å²) in [4.78, 5) is 13.5. The molecule has 1 aromatic carbocycles. The summed E-state index contributed by atoms with van der Waals surface area (Å²) in [5, 5.41) is 0.680. The molecule has 0 aliphatic carbocycles. The number of nitrogens with two attached hydrogens (primary N) is 1. The van der Waals surface area contributed by atoms with Crippen LogP contribution in [0, 0.1) is 0 Å². The maximum Gasteiger partial charge on any atom is 0.253 e. The van der Waals surface area contributed by atoms with Crippen molar-refractivity contribution in [3.63, 3.8) is 0 Å². The van der Waals surface area contributed by atoms with Crippen LogP contribution in [0.4, 0.5) is 0 Å². The molecule has 17 heavy (non-hydrogen) atoms. The van der Waals surface area contributed by atoms with Gasteiger partial charge in [-0.05, 0) is 17.7 Å². The van der Waals surface area contributed by atoms with E-state index in [0.717, 1.165) is 5.56 Å². The number of hydrogen-bond donors (Lipinski definition) is 1. The third-order valence-corrected chi connectivity index (χ3v) is 2.74. The van der Waals surface area contributed by atoms with Crippen LogP contribution in [0.2, 0.25) is 5.02 Å². The fourth-order valence-corrected chi connectivity index (χ4v) is 1.61. The summed E-state index contributed by atoms with van der Waals surface area (Å²) in [5.74, 6) is -0.120. The summed E-state index contributed by atoms with van der Waals surface area (Å²) < 4.78 is 5.00. The van der Waals surface area contributed by atoms with Crippen molar-refractivity contribution in [1.82, 2.24) is 4.90 Å². The van der Waals surface area contributed by atoms with Crippen molar-refractivity contribution in [2.75, 3.05) is 20.7 Å². The molecular weight excluding hydrogens is 240 g/mol. The molecule has 0 fully saturated rings. The highest BCUT2D eigenvalue weighted by molar-refractivity contribution is 6.30. The summed E-state index contributed by atoms with van der Waals surface area (Å²) in [5.41, 5.74) is 6.46. The average Bonchev–Trinajstić information content (AvgIpc) is 2.33. The Balaban J connectivity index is 2.62. The van der Waals surface area contributed by atoms with Gasteiger partial charge in [-0.3, -0.25) is 4.79 Å². The molecule has 1 amide bonds. The van der Waals surface area contributed by atoms with Crippen molar-refractivity contribution in [3.8, 4) is 0 Å². The molecule has 1 rings (SSSR count). The highest BCUT2D eigenvalue weighted by Crippen LogP contribution is 2.11. The van der Waals surface area contributed by atoms with E-state index in [1.54, 1.807) is 24.1 Å². The Morgan fingerprint density at radius 1 is 1.47 bits per heavy atom. The van der Waals surface area contributed by atoms with E-state index < -0.39 is 6.10 Å². The molecule has 94 valence electrons. The van der Waals surface area contributed by atoms with Crippen LogP contribution in [0.3, 0.4) is 0 Å². The normalized spacial score (nSPS) is 12.2. The van der Waals surface area contributed by atoms with Gasteiger partial charge in [0.05, 0.1) is 0 Å². The van der Waals surface area contributed by atoms with Crippen molar-refractivity contribution >= 4 is 17.5 Å². The van der Waals surface area contributed by atoms with Crippen LogP contribution in [-0.4, -0.2) is 37.6 Å². The van der Waals surface area contributed by atoms with E-state index in [0.29, 0.717) is 11.6 Å². The van der Waals surface area contributed by atoms with E-state index in [2.05, 4.69) is 0 Å². The predicted molar refractivity (Wildman–Crippen MR) is 67.8 cm³/mol. The van der Waals surface area contributed by atoms with Crippen LogP contribution in [0.15, 0.2) is 24.3 Å². The van der Waals surface area contributed by atoms with Gasteiger partial charge in [0.25, 0.3) is 5.91 Å². The first-order valence-corrected chi connectivity index (χ1v) is 5.68. The number of carbonyl (C=O) groups excluding carboxylic acids is 1. The highest BCUT2D eigenvalue weighted by Gasteiger charge is 2.19. The number of rotatable bonds is 5. The molecule has 0 saturated heterocycles. The van der Waals surface area contributed by atoms with Crippen molar-refractivity contribution < 1.29 is 9.53 Å². The first kappa shape index (κ1) is 14.0. The third kappa shape index (κ3) is 4.00. The second-order valence-electron chi connectivity index (χ2n) is 3.78. The molecule has 0 saturated carbocycles. The van der Waals surface area contributed by atoms with E-state index in [9.17, 15) is 4.79 Å². The SMILES string of the molecule is COC(CN)C(=O)N(C)Cc1ccc(Cl)cc1. The zero-order chi connectivity index (χ0) is 12.8. The Morgan fingerprint density at radius 3 is 2.53 bits per heavy atom. The van der Waals surface area contributed by atoms with Gasteiger partial charge in [-0.15, -0.1) is 0 Å². The largest absolute Gasteiger partial charge is 0.370 e. The molecule has 0 aromatic heterocycles. The molecule has 1 atom stereocenters. The number of halogens is 1. The molecule has 0 aliphatic heterocycles. The first-order valence-electron chi connectivity index (χ1n) is 5.30. The van der Waals surface area contributed by atoms with Crippen molar-refractivity contribution in [1.29, 1.82) is 0 Å². The third-order valence-electron chi connectivity index (χ3n) is 2.48. The maximum absolute atomic E-state index is 11.9. The highest BCUT2D eigenvalue weighted by atomic mass is 35.5.